The minimum absolute atomic E-state index is 0.0739. The zero-order valence-electron chi connectivity index (χ0n) is 17.1. The molecule has 148 valence electrons. The van der Waals surface area contributed by atoms with Crippen LogP contribution in [-0.2, 0) is 9.09 Å². The number of hydrogen-bond donors (Lipinski definition) is 0. The van der Waals surface area contributed by atoms with Gasteiger partial charge in [0.05, 0.1) is 6.10 Å². The fourth-order valence-corrected chi connectivity index (χ4v) is 6.45. The van der Waals surface area contributed by atoms with Crippen LogP contribution in [-0.4, -0.2) is 6.10 Å². The van der Waals surface area contributed by atoms with Crippen LogP contribution in [0.25, 0.3) is 0 Å². The molecule has 0 saturated heterocycles. The Kier molecular flexibility index (Phi) is 7.17. The molecular weight excluding hydrogens is 351 g/mol. The van der Waals surface area contributed by atoms with Crippen LogP contribution in [0.2, 0.25) is 0 Å². The average Bonchev–Trinajstić information content (AvgIpc) is 2.68. The molecular formula is C24H35O2P. The van der Waals surface area contributed by atoms with E-state index in [1.165, 1.54) is 31.3 Å². The van der Waals surface area contributed by atoms with Crippen molar-refractivity contribution in [1.29, 1.82) is 0 Å². The van der Waals surface area contributed by atoms with Gasteiger partial charge in [-0.25, -0.2) is 0 Å². The largest absolute Gasteiger partial charge is 0.319 e. The lowest BCUT2D eigenvalue weighted by atomic mass is 9.75. The summed E-state index contributed by atoms with van der Waals surface area (Å²) in [6, 6.07) is 9.81. The minimum Gasteiger partial charge on any atom is -0.319 e. The Morgan fingerprint density at radius 2 is 1.93 bits per heavy atom. The second-order valence-corrected chi connectivity index (χ2v) is 11.0. The Balaban J connectivity index is 1.88. The summed E-state index contributed by atoms with van der Waals surface area (Å²) in [5.41, 5.74) is 1.30. The molecule has 1 aromatic carbocycles. The number of rotatable bonds is 6. The lowest BCUT2D eigenvalue weighted by Gasteiger charge is -2.38. The van der Waals surface area contributed by atoms with Crippen LogP contribution in [0.1, 0.15) is 65.7 Å². The van der Waals surface area contributed by atoms with E-state index in [2.05, 4.69) is 32.9 Å². The van der Waals surface area contributed by atoms with Crippen LogP contribution in [0.4, 0.5) is 0 Å². The monoisotopic (exact) mass is 386 g/mol. The van der Waals surface area contributed by atoms with Crippen molar-refractivity contribution in [3.05, 3.63) is 53.9 Å². The van der Waals surface area contributed by atoms with E-state index in [0.717, 1.165) is 24.6 Å². The van der Waals surface area contributed by atoms with Crippen molar-refractivity contribution in [2.24, 2.45) is 17.8 Å². The number of hydrogen-bond acceptors (Lipinski definition) is 2. The summed E-state index contributed by atoms with van der Waals surface area (Å²) in [7, 11) is -3.03. The first-order valence-electron chi connectivity index (χ1n) is 10.7. The van der Waals surface area contributed by atoms with E-state index >= 15 is 0 Å². The zero-order valence-corrected chi connectivity index (χ0v) is 18.0. The topological polar surface area (TPSA) is 26.3 Å². The normalized spacial score (nSPS) is 28.9. The van der Waals surface area contributed by atoms with E-state index in [-0.39, 0.29) is 6.10 Å². The maximum Gasteiger partial charge on any atom is 0.254 e. The van der Waals surface area contributed by atoms with Gasteiger partial charge in [-0.1, -0.05) is 63.1 Å². The fraction of sp³-hybridized carbons (Fsp3) is 0.583. The molecule has 4 atom stereocenters. The molecule has 2 aliphatic carbocycles. The lowest BCUT2D eigenvalue weighted by Crippen LogP contribution is -2.34. The summed E-state index contributed by atoms with van der Waals surface area (Å²) >= 11 is 0. The van der Waals surface area contributed by atoms with Crippen molar-refractivity contribution in [3.63, 3.8) is 0 Å². The Labute approximate surface area is 165 Å². The first kappa shape index (κ1) is 20.6. The van der Waals surface area contributed by atoms with Gasteiger partial charge in [0, 0.05) is 11.1 Å². The van der Waals surface area contributed by atoms with Gasteiger partial charge in [0.25, 0.3) is 7.37 Å². The third kappa shape index (κ3) is 5.46. The predicted octanol–water partition coefficient (Wildman–Crippen LogP) is 7.08. The van der Waals surface area contributed by atoms with Gasteiger partial charge in [-0.3, -0.25) is 4.57 Å². The summed E-state index contributed by atoms with van der Waals surface area (Å²) in [6.07, 6.45) is 12.6. The summed E-state index contributed by atoms with van der Waals surface area (Å²) in [6.45, 7) is 6.84. The molecule has 0 unspecified atom stereocenters. The van der Waals surface area contributed by atoms with E-state index in [9.17, 15) is 4.57 Å². The summed E-state index contributed by atoms with van der Waals surface area (Å²) in [4.78, 5) is 0. The summed E-state index contributed by atoms with van der Waals surface area (Å²) < 4.78 is 20.6. The van der Waals surface area contributed by atoms with Crippen molar-refractivity contribution in [2.75, 3.05) is 0 Å². The van der Waals surface area contributed by atoms with Gasteiger partial charge in [-0.2, -0.15) is 0 Å². The highest BCUT2D eigenvalue weighted by Gasteiger charge is 2.36. The van der Waals surface area contributed by atoms with Crippen molar-refractivity contribution in [3.8, 4) is 0 Å². The molecule has 2 aliphatic rings. The van der Waals surface area contributed by atoms with Crippen molar-refractivity contribution in [1.82, 2.24) is 0 Å². The van der Waals surface area contributed by atoms with Crippen molar-refractivity contribution in [2.45, 2.75) is 71.8 Å². The molecule has 27 heavy (non-hydrogen) atoms. The van der Waals surface area contributed by atoms with Crippen molar-refractivity contribution < 1.29 is 9.09 Å². The van der Waals surface area contributed by atoms with E-state index in [4.69, 9.17) is 4.52 Å². The van der Waals surface area contributed by atoms with Crippen LogP contribution in [0.5, 0.6) is 0 Å². The molecule has 0 aliphatic heterocycles. The van der Waals surface area contributed by atoms with Gasteiger partial charge in [-0.05, 0) is 68.4 Å². The second kappa shape index (κ2) is 9.39. The first-order chi connectivity index (χ1) is 13.0. The molecule has 1 saturated carbocycles. The zero-order chi connectivity index (χ0) is 19.3. The molecule has 0 N–H and O–H groups in total. The van der Waals surface area contributed by atoms with Gasteiger partial charge in [-0.15, -0.1) is 0 Å². The standard InChI is InChI=1S/C24H35O2P/c1-19(2)23-15-14-20(3)18-24(23)26-27(25,22-12-8-5-9-13-22)17-16-21-10-6-4-7-11-21/h5,8-10,12-13,16-17,19-20,23-24H,4,6-7,11,14-15,18H2,1-3H3/b17-16+/t20-,23+,24-,27-/m1/s1. The van der Waals surface area contributed by atoms with Crippen LogP contribution < -0.4 is 5.30 Å². The van der Waals surface area contributed by atoms with Crippen LogP contribution in [0.15, 0.2) is 53.9 Å². The smallest absolute Gasteiger partial charge is 0.254 e. The quantitative estimate of drug-likeness (QED) is 0.488. The maximum atomic E-state index is 14.1. The van der Waals surface area contributed by atoms with Crippen LogP contribution in [0.3, 0.4) is 0 Å². The molecule has 3 heteroatoms. The van der Waals surface area contributed by atoms with E-state index < -0.39 is 7.37 Å². The van der Waals surface area contributed by atoms with Crippen LogP contribution in [0, 0.1) is 17.8 Å². The average molecular weight is 387 g/mol. The molecule has 0 spiro atoms. The third-order valence-electron chi connectivity index (χ3n) is 6.18. The van der Waals surface area contributed by atoms with Gasteiger partial charge < -0.3 is 4.52 Å². The SMILES string of the molecule is CC(C)[C@@H]1CC[C@@H](C)C[C@H]1O[P@](=O)(/C=C/C1=CCCCC1)c1ccccc1. The summed E-state index contributed by atoms with van der Waals surface area (Å²) in [5, 5.41) is 0.818. The number of benzene rings is 1. The Hall–Kier alpha value is -1.11. The molecule has 0 radical (unpaired) electrons. The molecule has 1 aromatic rings. The minimum atomic E-state index is -3.03. The van der Waals surface area contributed by atoms with Gasteiger partial charge in [0.2, 0.25) is 0 Å². The van der Waals surface area contributed by atoms with E-state index in [0.29, 0.717) is 17.8 Å². The maximum absolute atomic E-state index is 14.1. The highest BCUT2D eigenvalue weighted by molar-refractivity contribution is 7.70. The van der Waals surface area contributed by atoms with Gasteiger partial charge in [0.1, 0.15) is 0 Å². The van der Waals surface area contributed by atoms with Gasteiger partial charge >= 0.3 is 0 Å². The molecule has 2 nitrogen and oxygen atoms in total. The Morgan fingerprint density at radius 1 is 1.15 bits per heavy atom. The molecule has 0 aromatic heterocycles. The van der Waals surface area contributed by atoms with Gasteiger partial charge in [0.15, 0.2) is 0 Å². The fourth-order valence-electron chi connectivity index (χ4n) is 4.46. The highest BCUT2D eigenvalue weighted by Crippen LogP contribution is 2.52. The molecule has 0 amide bonds. The molecule has 3 rings (SSSR count). The van der Waals surface area contributed by atoms with E-state index in [1.807, 2.05) is 36.1 Å². The third-order valence-corrected chi connectivity index (χ3v) is 8.32. The first-order valence-corrected chi connectivity index (χ1v) is 12.4. The molecule has 1 fully saturated rings. The van der Waals surface area contributed by atoms with Crippen molar-refractivity contribution >= 4 is 12.7 Å². The second-order valence-electron chi connectivity index (χ2n) is 8.74. The molecule has 0 bridgehead atoms. The number of allylic oxidation sites excluding steroid dienone is 3. The lowest BCUT2D eigenvalue weighted by molar-refractivity contribution is 0.0512. The highest BCUT2D eigenvalue weighted by atomic mass is 31.2. The molecule has 0 heterocycles. The summed E-state index contributed by atoms with van der Waals surface area (Å²) in [5.74, 6) is 3.56. The predicted molar refractivity (Wildman–Crippen MR) is 116 cm³/mol. The van der Waals surface area contributed by atoms with Crippen LogP contribution >= 0.6 is 7.37 Å². The van der Waals surface area contributed by atoms with E-state index in [1.54, 1.807) is 0 Å². The Morgan fingerprint density at radius 3 is 2.59 bits per heavy atom. The Bertz CT molecular complexity index is 704.